The predicted molar refractivity (Wildman–Crippen MR) is 49.1 cm³/mol. The van der Waals surface area contributed by atoms with E-state index in [4.69, 9.17) is 0 Å². The fourth-order valence-corrected chi connectivity index (χ4v) is 0.751. The summed E-state index contributed by atoms with van der Waals surface area (Å²) in [6, 6.07) is 0. The molecule has 0 aromatic heterocycles. The van der Waals surface area contributed by atoms with Gasteiger partial charge < -0.3 is 10.1 Å². The third-order valence-corrected chi connectivity index (χ3v) is 1.61. The van der Waals surface area contributed by atoms with Crippen LogP contribution >= 0.6 is 0 Å². The van der Waals surface area contributed by atoms with Crippen LogP contribution in [0, 0.1) is 5.92 Å². The standard InChI is InChI=1S/C9H17NO3/c1-7(2)4-5-8(11)10-6-9(12)13-3/h7H,4-6H2,1-3H3,(H,10,11). The molecule has 0 saturated heterocycles. The van der Waals surface area contributed by atoms with Crippen LogP contribution < -0.4 is 5.32 Å². The lowest BCUT2D eigenvalue weighted by Crippen LogP contribution is -2.30. The van der Waals surface area contributed by atoms with Crippen molar-refractivity contribution in [2.24, 2.45) is 5.92 Å². The highest BCUT2D eigenvalue weighted by Crippen LogP contribution is 2.02. The monoisotopic (exact) mass is 187 g/mol. The maximum Gasteiger partial charge on any atom is 0.325 e. The van der Waals surface area contributed by atoms with Gasteiger partial charge in [-0.1, -0.05) is 13.8 Å². The van der Waals surface area contributed by atoms with Gasteiger partial charge >= 0.3 is 5.97 Å². The molecule has 0 bridgehead atoms. The second kappa shape index (κ2) is 6.46. The molecule has 0 aliphatic heterocycles. The number of hydrogen-bond donors (Lipinski definition) is 1. The van der Waals surface area contributed by atoms with Crippen molar-refractivity contribution in [3.8, 4) is 0 Å². The number of carbonyl (C=O) groups excluding carboxylic acids is 2. The first-order valence-corrected chi connectivity index (χ1v) is 4.39. The smallest absolute Gasteiger partial charge is 0.325 e. The molecule has 1 amide bonds. The molecule has 0 aromatic rings. The summed E-state index contributed by atoms with van der Waals surface area (Å²) in [6.07, 6.45) is 1.31. The van der Waals surface area contributed by atoms with Crippen LogP contribution in [0.2, 0.25) is 0 Å². The second-order valence-corrected chi connectivity index (χ2v) is 3.29. The number of carbonyl (C=O) groups is 2. The van der Waals surface area contributed by atoms with E-state index in [9.17, 15) is 9.59 Å². The topological polar surface area (TPSA) is 55.4 Å². The van der Waals surface area contributed by atoms with Gasteiger partial charge in [0.1, 0.15) is 6.54 Å². The predicted octanol–water partition coefficient (Wildman–Crippen LogP) is 0.712. The lowest BCUT2D eigenvalue weighted by atomic mass is 10.1. The Labute approximate surface area is 78.6 Å². The molecule has 0 rings (SSSR count). The maximum atomic E-state index is 11.0. The fourth-order valence-electron chi connectivity index (χ4n) is 0.751. The van der Waals surface area contributed by atoms with Crippen LogP contribution in [-0.2, 0) is 14.3 Å². The molecule has 1 N–H and O–H groups in total. The van der Waals surface area contributed by atoms with Crippen LogP contribution in [-0.4, -0.2) is 25.5 Å². The van der Waals surface area contributed by atoms with E-state index in [0.717, 1.165) is 6.42 Å². The third-order valence-electron chi connectivity index (χ3n) is 1.61. The van der Waals surface area contributed by atoms with Crippen LogP contribution in [0.15, 0.2) is 0 Å². The summed E-state index contributed by atoms with van der Waals surface area (Å²) >= 11 is 0. The van der Waals surface area contributed by atoms with E-state index < -0.39 is 5.97 Å². The minimum atomic E-state index is -0.419. The van der Waals surface area contributed by atoms with Gasteiger partial charge in [0.2, 0.25) is 5.91 Å². The lowest BCUT2D eigenvalue weighted by molar-refractivity contribution is -0.141. The van der Waals surface area contributed by atoms with E-state index in [0.29, 0.717) is 12.3 Å². The number of methoxy groups -OCH3 is 1. The van der Waals surface area contributed by atoms with E-state index in [2.05, 4.69) is 10.1 Å². The normalized spacial score (nSPS) is 9.85. The Hall–Kier alpha value is -1.06. The van der Waals surface area contributed by atoms with Gasteiger partial charge in [-0.2, -0.15) is 0 Å². The first kappa shape index (κ1) is 11.9. The molecule has 0 spiro atoms. The molecule has 76 valence electrons. The molecule has 0 atom stereocenters. The number of ether oxygens (including phenoxy) is 1. The van der Waals surface area contributed by atoms with Crippen molar-refractivity contribution in [3.05, 3.63) is 0 Å². The number of amides is 1. The summed E-state index contributed by atoms with van der Waals surface area (Å²) in [4.78, 5) is 21.7. The first-order valence-electron chi connectivity index (χ1n) is 4.39. The molecule has 0 saturated carbocycles. The molecule has 13 heavy (non-hydrogen) atoms. The van der Waals surface area contributed by atoms with Crippen molar-refractivity contribution < 1.29 is 14.3 Å². The molecular formula is C9H17NO3. The first-order chi connectivity index (χ1) is 6.06. The zero-order chi connectivity index (χ0) is 10.3. The summed E-state index contributed by atoms with van der Waals surface area (Å²) in [6.45, 7) is 4.06. The molecule has 0 radical (unpaired) electrons. The highest BCUT2D eigenvalue weighted by Gasteiger charge is 2.05. The van der Waals surface area contributed by atoms with Gasteiger partial charge in [-0.15, -0.1) is 0 Å². The van der Waals surface area contributed by atoms with E-state index >= 15 is 0 Å². The van der Waals surface area contributed by atoms with Gasteiger partial charge in [-0.25, -0.2) is 0 Å². The van der Waals surface area contributed by atoms with Crippen molar-refractivity contribution >= 4 is 11.9 Å². The van der Waals surface area contributed by atoms with Gasteiger partial charge in [-0.05, 0) is 12.3 Å². The third kappa shape index (κ3) is 7.31. The zero-order valence-electron chi connectivity index (χ0n) is 8.42. The van der Waals surface area contributed by atoms with E-state index in [1.54, 1.807) is 0 Å². The molecule has 0 fully saturated rings. The van der Waals surface area contributed by atoms with Crippen LogP contribution in [0.25, 0.3) is 0 Å². The van der Waals surface area contributed by atoms with Crippen molar-refractivity contribution in [2.45, 2.75) is 26.7 Å². The molecule has 0 aliphatic rings. The largest absolute Gasteiger partial charge is 0.468 e. The van der Waals surface area contributed by atoms with E-state index in [1.807, 2.05) is 13.8 Å². The van der Waals surface area contributed by atoms with Gasteiger partial charge in [-0.3, -0.25) is 9.59 Å². The van der Waals surface area contributed by atoms with Crippen LogP contribution in [0.1, 0.15) is 26.7 Å². The summed E-state index contributed by atoms with van der Waals surface area (Å²) in [5.41, 5.74) is 0. The van der Waals surface area contributed by atoms with Gasteiger partial charge in [0.05, 0.1) is 7.11 Å². The number of nitrogens with one attached hydrogen (secondary N) is 1. The van der Waals surface area contributed by atoms with E-state index in [-0.39, 0.29) is 12.5 Å². The van der Waals surface area contributed by atoms with Gasteiger partial charge in [0.25, 0.3) is 0 Å². The number of hydrogen-bond acceptors (Lipinski definition) is 3. The quantitative estimate of drug-likeness (QED) is 0.645. The minimum Gasteiger partial charge on any atom is -0.468 e. The summed E-state index contributed by atoms with van der Waals surface area (Å²) < 4.78 is 4.37. The van der Waals surface area contributed by atoms with Gasteiger partial charge in [0, 0.05) is 6.42 Å². The zero-order valence-corrected chi connectivity index (χ0v) is 8.42. The Morgan fingerprint density at radius 1 is 1.38 bits per heavy atom. The van der Waals surface area contributed by atoms with Crippen LogP contribution in [0.4, 0.5) is 0 Å². The molecular weight excluding hydrogens is 170 g/mol. The fraction of sp³-hybridized carbons (Fsp3) is 0.778. The SMILES string of the molecule is COC(=O)CNC(=O)CCC(C)C. The summed E-state index contributed by atoms with van der Waals surface area (Å²) in [5.74, 6) is -0.0131. The Bertz CT molecular complexity index is 178. The number of rotatable bonds is 5. The molecule has 4 nitrogen and oxygen atoms in total. The summed E-state index contributed by atoms with van der Waals surface area (Å²) in [5, 5.41) is 2.48. The van der Waals surface area contributed by atoms with E-state index in [1.165, 1.54) is 7.11 Å². The average Bonchev–Trinajstić information content (AvgIpc) is 2.10. The lowest BCUT2D eigenvalue weighted by Gasteiger charge is -2.05. The second-order valence-electron chi connectivity index (χ2n) is 3.29. The molecule has 0 aliphatic carbocycles. The Morgan fingerprint density at radius 2 is 2.00 bits per heavy atom. The average molecular weight is 187 g/mol. The molecule has 0 unspecified atom stereocenters. The van der Waals surface area contributed by atoms with Gasteiger partial charge in [0.15, 0.2) is 0 Å². The minimum absolute atomic E-state index is 0.0343. The number of esters is 1. The van der Waals surface area contributed by atoms with Crippen molar-refractivity contribution in [3.63, 3.8) is 0 Å². The molecule has 0 aromatic carbocycles. The molecule has 0 heterocycles. The Morgan fingerprint density at radius 3 is 2.46 bits per heavy atom. The summed E-state index contributed by atoms with van der Waals surface area (Å²) in [7, 11) is 1.29. The highest BCUT2D eigenvalue weighted by molar-refractivity contribution is 5.81. The Kier molecular flexibility index (Phi) is 5.93. The van der Waals surface area contributed by atoms with Crippen molar-refractivity contribution in [1.82, 2.24) is 5.32 Å². The van der Waals surface area contributed by atoms with Crippen molar-refractivity contribution in [1.29, 1.82) is 0 Å². The van der Waals surface area contributed by atoms with Crippen molar-refractivity contribution in [2.75, 3.05) is 13.7 Å². The molecule has 4 heteroatoms. The Balaban J connectivity index is 3.46. The van der Waals surface area contributed by atoms with Crippen LogP contribution in [0.5, 0.6) is 0 Å². The highest BCUT2D eigenvalue weighted by atomic mass is 16.5. The maximum absolute atomic E-state index is 11.0. The van der Waals surface area contributed by atoms with Crippen LogP contribution in [0.3, 0.4) is 0 Å².